The molecule has 2 fully saturated rings. The fraction of sp³-hybridized carbons (Fsp3) is 0.537. The summed E-state index contributed by atoms with van der Waals surface area (Å²) in [5.74, 6) is 4.17. The molecule has 2 aliphatic rings. The maximum Gasteiger partial charge on any atom is 0.232 e. The van der Waals surface area contributed by atoms with Gasteiger partial charge in [-0.15, -0.1) is 0 Å². The van der Waals surface area contributed by atoms with Gasteiger partial charge in [0.1, 0.15) is 11.6 Å². The Kier molecular flexibility index (Phi) is 11.1. The number of hydrogen-bond donors (Lipinski definition) is 0. The van der Waals surface area contributed by atoms with E-state index in [1.54, 1.807) is 12.4 Å². The summed E-state index contributed by atoms with van der Waals surface area (Å²) in [5, 5.41) is 0. The molecule has 3 aromatic heterocycles. The second-order valence-corrected chi connectivity index (χ2v) is 15.4. The van der Waals surface area contributed by atoms with Crippen LogP contribution < -0.4 is 4.90 Å². The molecule has 49 heavy (non-hydrogen) atoms. The quantitative estimate of drug-likeness (QED) is 0.168. The van der Waals surface area contributed by atoms with Crippen LogP contribution in [-0.2, 0) is 29.5 Å². The summed E-state index contributed by atoms with van der Waals surface area (Å²) in [6.45, 7) is 11.3. The third-order valence-electron chi connectivity index (χ3n) is 10.7. The highest BCUT2D eigenvalue weighted by atomic mass is 16.2. The lowest BCUT2D eigenvalue weighted by atomic mass is 9.76. The molecule has 8 nitrogen and oxygen atoms in total. The summed E-state index contributed by atoms with van der Waals surface area (Å²) < 4.78 is 0. The van der Waals surface area contributed by atoms with E-state index >= 15 is 0 Å². The van der Waals surface area contributed by atoms with Crippen molar-refractivity contribution >= 4 is 11.9 Å². The van der Waals surface area contributed by atoms with Crippen LogP contribution in [0.5, 0.6) is 0 Å². The fourth-order valence-electron chi connectivity index (χ4n) is 7.60. The zero-order valence-electron chi connectivity index (χ0n) is 30.1. The molecule has 1 aromatic carbocycles. The van der Waals surface area contributed by atoms with Crippen LogP contribution >= 0.6 is 0 Å². The molecule has 2 saturated carbocycles. The Morgan fingerprint density at radius 1 is 0.776 bits per heavy atom. The highest BCUT2D eigenvalue weighted by Crippen LogP contribution is 2.39. The molecular formula is C41H53N7O. The third kappa shape index (κ3) is 8.75. The number of hydrogen-bond acceptors (Lipinski definition) is 7. The maximum atomic E-state index is 13.9. The van der Waals surface area contributed by atoms with Crippen LogP contribution in [0.2, 0.25) is 0 Å². The lowest BCUT2D eigenvalue weighted by Crippen LogP contribution is -2.44. The number of aromatic nitrogens is 6. The Hall–Kier alpha value is -4.07. The van der Waals surface area contributed by atoms with E-state index in [0.717, 1.165) is 72.8 Å². The van der Waals surface area contributed by atoms with Gasteiger partial charge in [-0.2, -0.15) is 0 Å². The van der Waals surface area contributed by atoms with Gasteiger partial charge in [-0.25, -0.2) is 29.9 Å². The Morgan fingerprint density at radius 3 is 2.00 bits per heavy atom. The summed E-state index contributed by atoms with van der Waals surface area (Å²) in [5.41, 5.74) is 5.49. The predicted octanol–water partition coefficient (Wildman–Crippen LogP) is 8.64. The van der Waals surface area contributed by atoms with E-state index < -0.39 is 0 Å². The van der Waals surface area contributed by atoms with Crippen molar-refractivity contribution in [3.63, 3.8) is 0 Å². The van der Waals surface area contributed by atoms with Gasteiger partial charge >= 0.3 is 0 Å². The maximum absolute atomic E-state index is 13.9. The Balaban J connectivity index is 1.16. The van der Waals surface area contributed by atoms with E-state index in [4.69, 9.17) is 19.9 Å². The van der Waals surface area contributed by atoms with Crippen LogP contribution in [0.25, 0.3) is 11.1 Å². The SMILES string of the molecule is CCc1ncc(-c2cnc(N(C(=O)CCc3ccccc3)C3CCC(Cc4ncc(C(C)(C)C)c(C5CCC(C)CC5)n4)CC3)nc2)cn1. The van der Waals surface area contributed by atoms with Crippen molar-refractivity contribution in [3.05, 3.63) is 89.8 Å². The van der Waals surface area contributed by atoms with Gasteiger partial charge in [0.05, 0.1) is 5.69 Å². The molecule has 0 atom stereocenters. The van der Waals surface area contributed by atoms with E-state index in [2.05, 4.69) is 56.0 Å². The van der Waals surface area contributed by atoms with Gasteiger partial charge in [0, 0.05) is 73.3 Å². The summed E-state index contributed by atoms with van der Waals surface area (Å²) in [4.78, 5) is 44.4. The van der Waals surface area contributed by atoms with Gasteiger partial charge in [0.25, 0.3) is 0 Å². The zero-order chi connectivity index (χ0) is 34.4. The average molecular weight is 660 g/mol. The van der Waals surface area contributed by atoms with Crippen molar-refractivity contribution in [3.8, 4) is 11.1 Å². The van der Waals surface area contributed by atoms with E-state index in [1.165, 1.54) is 36.9 Å². The van der Waals surface area contributed by atoms with Crippen LogP contribution in [0.1, 0.15) is 127 Å². The predicted molar refractivity (Wildman–Crippen MR) is 195 cm³/mol. The van der Waals surface area contributed by atoms with Crippen LogP contribution in [0, 0.1) is 11.8 Å². The van der Waals surface area contributed by atoms with Crippen molar-refractivity contribution in [2.45, 2.75) is 129 Å². The second-order valence-electron chi connectivity index (χ2n) is 15.4. The largest absolute Gasteiger partial charge is 0.278 e. The average Bonchev–Trinajstić information content (AvgIpc) is 3.12. The van der Waals surface area contributed by atoms with Gasteiger partial charge in [-0.05, 0) is 73.3 Å². The molecule has 0 unspecified atom stereocenters. The van der Waals surface area contributed by atoms with Gasteiger partial charge in [-0.3, -0.25) is 9.69 Å². The first kappa shape index (κ1) is 34.8. The van der Waals surface area contributed by atoms with E-state index in [-0.39, 0.29) is 17.4 Å². The number of aryl methyl sites for hydroxylation is 2. The fourth-order valence-corrected chi connectivity index (χ4v) is 7.60. The minimum atomic E-state index is 0.0270. The minimum absolute atomic E-state index is 0.0270. The lowest BCUT2D eigenvalue weighted by molar-refractivity contribution is -0.119. The first-order chi connectivity index (χ1) is 23.7. The molecule has 2 aliphatic carbocycles. The lowest BCUT2D eigenvalue weighted by Gasteiger charge is -2.36. The van der Waals surface area contributed by atoms with E-state index in [1.807, 2.05) is 42.4 Å². The normalized spacial score (nSPS) is 21.3. The molecule has 0 radical (unpaired) electrons. The van der Waals surface area contributed by atoms with E-state index in [9.17, 15) is 4.79 Å². The van der Waals surface area contributed by atoms with Crippen LogP contribution in [0.4, 0.5) is 5.95 Å². The minimum Gasteiger partial charge on any atom is -0.278 e. The summed E-state index contributed by atoms with van der Waals surface area (Å²) >= 11 is 0. The van der Waals surface area contributed by atoms with Gasteiger partial charge in [-0.1, -0.05) is 77.8 Å². The first-order valence-electron chi connectivity index (χ1n) is 18.5. The molecule has 0 aliphatic heterocycles. The monoisotopic (exact) mass is 659 g/mol. The molecule has 0 bridgehead atoms. The molecule has 8 heteroatoms. The number of rotatable bonds is 10. The third-order valence-corrected chi connectivity index (χ3v) is 10.7. The number of benzene rings is 1. The number of carbonyl (C=O) groups excluding carboxylic acids is 1. The van der Waals surface area contributed by atoms with Gasteiger partial charge in [0.2, 0.25) is 11.9 Å². The zero-order valence-corrected chi connectivity index (χ0v) is 30.1. The van der Waals surface area contributed by atoms with Crippen molar-refractivity contribution < 1.29 is 4.79 Å². The molecule has 1 amide bonds. The topological polar surface area (TPSA) is 97.7 Å². The molecule has 6 rings (SSSR count). The highest BCUT2D eigenvalue weighted by Gasteiger charge is 2.33. The smallest absolute Gasteiger partial charge is 0.232 e. The standard InChI is InChI=1S/C41H53N7O/c1-6-36-42-23-32(24-43-36)33-25-45-40(46-26-33)48(38(49)21-16-29-10-8-7-9-11-29)34-19-14-30(15-20-34)22-37-44-27-35(41(3,4)5)39(47-37)31-17-12-28(2)13-18-31/h7-11,23-28,30-31,34H,6,12-22H2,1-5H3. The van der Waals surface area contributed by atoms with E-state index in [0.29, 0.717) is 30.6 Å². The molecule has 0 saturated heterocycles. The van der Waals surface area contributed by atoms with Crippen molar-refractivity contribution in [1.29, 1.82) is 0 Å². The highest BCUT2D eigenvalue weighted by molar-refractivity contribution is 5.92. The number of carbonyl (C=O) groups is 1. The summed E-state index contributed by atoms with van der Waals surface area (Å²) in [7, 11) is 0. The van der Waals surface area contributed by atoms with Crippen LogP contribution in [-0.4, -0.2) is 41.9 Å². The molecule has 0 N–H and O–H groups in total. The number of nitrogens with zero attached hydrogens (tertiary/aromatic N) is 7. The van der Waals surface area contributed by atoms with Gasteiger partial charge < -0.3 is 0 Å². The molecule has 0 spiro atoms. The van der Waals surface area contributed by atoms with Gasteiger partial charge in [0.15, 0.2) is 0 Å². The Labute approximate surface area is 292 Å². The molecular weight excluding hydrogens is 606 g/mol. The summed E-state index contributed by atoms with van der Waals surface area (Å²) in [6.07, 6.45) is 21.0. The van der Waals surface area contributed by atoms with Crippen molar-refractivity contribution in [2.24, 2.45) is 11.8 Å². The first-order valence-corrected chi connectivity index (χ1v) is 18.5. The molecule has 4 aromatic rings. The van der Waals surface area contributed by atoms with Crippen LogP contribution in [0.3, 0.4) is 0 Å². The van der Waals surface area contributed by atoms with Crippen molar-refractivity contribution in [1.82, 2.24) is 29.9 Å². The summed E-state index contributed by atoms with van der Waals surface area (Å²) in [6, 6.07) is 10.3. The molecule has 3 heterocycles. The van der Waals surface area contributed by atoms with Crippen molar-refractivity contribution in [2.75, 3.05) is 4.90 Å². The Morgan fingerprint density at radius 2 is 1.39 bits per heavy atom. The second kappa shape index (κ2) is 15.6. The number of anilines is 1. The number of amides is 1. The van der Waals surface area contributed by atoms with Crippen LogP contribution in [0.15, 0.2) is 61.3 Å². The Bertz CT molecular complexity index is 1650. The molecule has 258 valence electrons.